The Balaban J connectivity index is 2.42. The maximum atomic E-state index is 12.0. The molecule has 0 bridgehead atoms. The SMILES string of the molecule is CC1=CC[C@H]2C(C(=O)C=CC2(C)C)[C@@H]1C. The van der Waals surface area contributed by atoms with Crippen LogP contribution < -0.4 is 0 Å². The first-order valence-electron chi connectivity index (χ1n) is 5.83. The third-order valence-corrected chi connectivity index (χ3v) is 4.35. The quantitative estimate of drug-likeness (QED) is 0.553. The maximum absolute atomic E-state index is 12.0. The Labute approximate surface area is 92.3 Å². The monoisotopic (exact) mass is 204 g/mol. The summed E-state index contributed by atoms with van der Waals surface area (Å²) in [6, 6.07) is 0. The molecule has 1 unspecified atom stereocenters. The van der Waals surface area contributed by atoms with E-state index in [1.54, 1.807) is 6.08 Å². The molecule has 3 atom stereocenters. The lowest BCUT2D eigenvalue weighted by Crippen LogP contribution is -2.42. The van der Waals surface area contributed by atoms with Gasteiger partial charge in [-0.1, -0.05) is 38.5 Å². The van der Waals surface area contributed by atoms with E-state index < -0.39 is 0 Å². The van der Waals surface area contributed by atoms with Gasteiger partial charge in [0.2, 0.25) is 0 Å². The Morgan fingerprint density at radius 3 is 2.73 bits per heavy atom. The summed E-state index contributed by atoms with van der Waals surface area (Å²) in [5.41, 5.74) is 1.56. The number of hydrogen-bond acceptors (Lipinski definition) is 1. The van der Waals surface area contributed by atoms with Gasteiger partial charge in [-0.25, -0.2) is 0 Å². The fourth-order valence-electron chi connectivity index (χ4n) is 3.02. The van der Waals surface area contributed by atoms with E-state index in [2.05, 4.69) is 39.8 Å². The molecule has 0 fully saturated rings. The van der Waals surface area contributed by atoms with Gasteiger partial charge in [0.1, 0.15) is 0 Å². The number of rotatable bonds is 0. The van der Waals surface area contributed by atoms with E-state index in [4.69, 9.17) is 0 Å². The summed E-state index contributed by atoms with van der Waals surface area (Å²) >= 11 is 0. The molecule has 0 aromatic rings. The molecule has 2 aliphatic rings. The second kappa shape index (κ2) is 3.33. The minimum Gasteiger partial charge on any atom is -0.295 e. The van der Waals surface area contributed by atoms with Crippen molar-refractivity contribution in [3.8, 4) is 0 Å². The average Bonchev–Trinajstić information content (AvgIpc) is 2.17. The number of carbonyl (C=O) groups excluding carboxylic acids is 1. The van der Waals surface area contributed by atoms with Crippen LogP contribution in [0, 0.1) is 23.2 Å². The zero-order valence-corrected chi connectivity index (χ0v) is 10.1. The fraction of sp³-hybridized carbons (Fsp3) is 0.643. The van der Waals surface area contributed by atoms with Gasteiger partial charge in [-0.05, 0) is 36.7 Å². The normalized spacial score (nSPS) is 38.5. The first-order chi connectivity index (χ1) is 6.93. The Hall–Kier alpha value is -0.850. The number of hydrogen-bond donors (Lipinski definition) is 0. The van der Waals surface area contributed by atoms with Gasteiger partial charge < -0.3 is 0 Å². The van der Waals surface area contributed by atoms with Crippen LogP contribution in [0.3, 0.4) is 0 Å². The predicted octanol–water partition coefficient (Wildman–Crippen LogP) is 3.37. The summed E-state index contributed by atoms with van der Waals surface area (Å²) in [4.78, 5) is 12.0. The maximum Gasteiger partial charge on any atom is 0.159 e. The van der Waals surface area contributed by atoms with Gasteiger partial charge in [0.25, 0.3) is 0 Å². The minimum atomic E-state index is 0.171. The van der Waals surface area contributed by atoms with Crippen LogP contribution in [0.5, 0.6) is 0 Å². The summed E-state index contributed by atoms with van der Waals surface area (Å²) < 4.78 is 0. The highest BCUT2D eigenvalue weighted by Crippen LogP contribution is 2.47. The molecule has 2 aliphatic carbocycles. The zero-order valence-electron chi connectivity index (χ0n) is 10.1. The molecule has 0 aliphatic heterocycles. The molecular formula is C14H20O. The van der Waals surface area contributed by atoms with Crippen molar-refractivity contribution in [1.29, 1.82) is 0 Å². The number of fused-ring (bicyclic) bond motifs is 1. The van der Waals surface area contributed by atoms with Crippen molar-refractivity contribution in [2.24, 2.45) is 23.2 Å². The van der Waals surface area contributed by atoms with E-state index in [0.717, 1.165) is 6.42 Å². The van der Waals surface area contributed by atoms with Gasteiger partial charge in [-0.15, -0.1) is 0 Å². The highest BCUT2D eigenvalue weighted by Gasteiger charge is 2.44. The van der Waals surface area contributed by atoms with E-state index in [1.165, 1.54) is 5.57 Å². The first-order valence-corrected chi connectivity index (χ1v) is 5.83. The Morgan fingerprint density at radius 2 is 2.07 bits per heavy atom. The molecule has 0 saturated carbocycles. The van der Waals surface area contributed by atoms with Crippen LogP contribution in [0.2, 0.25) is 0 Å². The lowest BCUT2D eigenvalue weighted by molar-refractivity contribution is -0.123. The van der Waals surface area contributed by atoms with E-state index in [-0.39, 0.29) is 11.3 Å². The van der Waals surface area contributed by atoms with Gasteiger partial charge in [0.05, 0.1) is 0 Å². The third-order valence-electron chi connectivity index (χ3n) is 4.35. The highest BCUT2D eigenvalue weighted by molar-refractivity contribution is 5.93. The van der Waals surface area contributed by atoms with Crippen molar-refractivity contribution < 1.29 is 4.79 Å². The highest BCUT2D eigenvalue weighted by atomic mass is 16.1. The lowest BCUT2D eigenvalue weighted by Gasteiger charge is -2.44. The summed E-state index contributed by atoms with van der Waals surface area (Å²) in [5.74, 6) is 1.46. The average molecular weight is 204 g/mol. The van der Waals surface area contributed by atoms with Crippen LogP contribution in [0.4, 0.5) is 0 Å². The fourth-order valence-corrected chi connectivity index (χ4v) is 3.02. The van der Waals surface area contributed by atoms with Crippen LogP contribution in [0.1, 0.15) is 34.1 Å². The molecule has 2 rings (SSSR count). The Morgan fingerprint density at radius 1 is 1.40 bits per heavy atom. The van der Waals surface area contributed by atoms with Crippen LogP contribution in [-0.2, 0) is 4.79 Å². The van der Waals surface area contributed by atoms with Crippen molar-refractivity contribution in [1.82, 2.24) is 0 Å². The molecule has 0 amide bonds. The third kappa shape index (κ3) is 1.58. The molecule has 15 heavy (non-hydrogen) atoms. The van der Waals surface area contributed by atoms with Crippen molar-refractivity contribution >= 4 is 5.78 Å². The van der Waals surface area contributed by atoms with E-state index in [1.807, 2.05) is 0 Å². The van der Waals surface area contributed by atoms with Crippen LogP contribution in [0.15, 0.2) is 23.8 Å². The minimum absolute atomic E-state index is 0.171. The van der Waals surface area contributed by atoms with E-state index >= 15 is 0 Å². The molecule has 82 valence electrons. The Kier molecular flexibility index (Phi) is 2.37. The smallest absolute Gasteiger partial charge is 0.159 e. The summed E-state index contributed by atoms with van der Waals surface area (Å²) in [6.45, 7) is 8.83. The second-order valence-electron chi connectivity index (χ2n) is 5.66. The van der Waals surface area contributed by atoms with Gasteiger partial charge in [-0.2, -0.15) is 0 Å². The van der Waals surface area contributed by atoms with Crippen molar-refractivity contribution in [3.63, 3.8) is 0 Å². The standard InChI is InChI=1S/C14H20O/c1-9-5-6-11-13(10(9)2)12(15)7-8-14(11,3)4/h5,7-8,10-11,13H,6H2,1-4H3/t10-,11+,13?/m1/s1. The lowest BCUT2D eigenvalue weighted by atomic mass is 9.59. The van der Waals surface area contributed by atoms with Crippen molar-refractivity contribution in [2.45, 2.75) is 34.1 Å². The van der Waals surface area contributed by atoms with Crippen LogP contribution >= 0.6 is 0 Å². The van der Waals surface area contributed by atoms with E-state index in [0.29, 0.717) is 17.6 Å². The molecule has 0 radical (unpaired) electrons. The molecule has 1 heteroatoms. The van der Waals surface area contributed by atoms with Crippen LogP contribution in [-0.4, -0.2) is 5.78 Å². The van der Waals surface area contributed by atoms with Crippen LogP contribution in [0.25, 0.3) is 0 Å². The molecule has 0 spiro atoms. The largest absolute Gasteiger partial charge is 0.295 e. The summed E-state index contributed by atoms with van der Waals surface area (Å²) in [6.07, 6.45) is 7.28. The second-order valence-corrected chi connectivity index (χ2v) is 5.66. The van der Waals surface area contributed by atoms with Gasteiger partial charge >= 0.3 is 0 Å². The number of carbonyl (C=O) groups is 1. The van der Waals surface area contributed by atoms with Gasteiger partial charge in [-0.3, -0.25) is 4.79 Å². The van der Waals surface area contributed by atoms with Crippen molar-refractivity contribution in [3.05, 3.63) is 23.8 Å². The number of allylic oxidation sites excluding steroid dienone is 4. The molecule has 0 heterocycles. The summed E-state index contributed by atoms with van der Waals surface area (Å²) in [5, 5.41) is 0. The molecule has 0 aromatic carbocycles. The Bertz CT molecular complexity index is 346. The first kappa shape index (κ1) is 10.7. The van der Waals surface area contributed by atoms with Gasteiger partial charge in [0, 0.05) is 5.92 Å². The predicted molar refractivity (Wildman–Crippen MR) is 62.4 cm³/mol. The zero-order chi connectivity index (χ0) is 11.2. The topological polar surface area (TPSA) is 17.1 Å². The van der Waals surface area contributed by atoms with Gasteiger partial charge in [0.15, 0.2) is 5.78 Å². The molecular weight excluding hydrogens is 184 g/mol. The molecule has 1 nitrogen and oxygen atoms in total. The summed E-state index contributed by atoms with van der Waals surface area (Å²) in [7, 11) is 0. The molecule has 0 saturated heterocycles. The van der Waals surface area contributed by atoms with Crippen molar-refractivity contribution in [2.75, 3.05) is 0 Å². The number of ketones is 1. The molecule has 0 aromatic heterocycles. The van der Waals surface area contributed by atoms with E-state index in [9.17, 15) is 4.79 Å². The molecule has 0 N–H and O–H groups in total.